The molecule has 1 heterocycles. The minimum absolute atomic E-state index is 0.0567. The molecule has 66 valence electrons. The fourth-order valence-corrected chi connectivity index (χ4v) is 1.37. The molecule has 0 aliphatic carbocycles. The van der Waals surface area contributed by atoms with Crippen LogP contribution < -0.4 is 0 Å². The first-order chi connectivity index (χ1) is 6.33. The molecule has 0 saturated carbocycles. The second-order valence-corrected chi connectivity index (χ2v) is 2.93. The van der Waals surface area contributed by atoms with Crippen molar-refractivity contribution in [1.29, 1.82) is 0 Å². The van der Waals surface area contributed by atoms with E-state index in [9.17, 15) is 4.79 Å². The summed E-state index contributed by atoms with van der Waals surface area (Å²) in [5, 5.41) is 1.90. The molecule has 0 atom stereocenters. The van der Waals surface area contributed by atoms with E-state index < -0.39 is 0 Å². The Balaban J connectivity index is 2.64. The maximum atomic E-state index is 11.4. The fourth-order valence-electron chi connectivity index (χ4n) is 1.37. The number of carbonyl (C=O) groups is 1. The van der Waals surface area contributed by atoms with Crippen molar-refractivity contribution < 1.29 is 9.21 Å². The lowest BCUT2D eigenvalue weighted by molar-refractivity contribution is 0.0963. The minimum Gasteiger partial charge on any atom is -0.460 e. The van der Waals surface area contributed by atoms with Gasteiger partial charge in [0.15, 0.2) is 11.5 Å². The van der Waals surface area contributed by atoms with E-state index in [1.807, 2.05) is 31.2 Å². The van der Waals surface area contributed by atoms with Crippen LogP contribution in [-0.4, -0.2) is 5.78 Å². The van der Waals surface area contributed by atoms with Gasteiger partial charge in [0.05, 0.1) is 6.26 Å². The summed E-state index contributed by atoms with van der Waals surface area (Å²) in [6.07, 6.45) is 2.11. The van der Waals surface area contributed by atoms with Crippen molar-refractivity contribution >= 4 is 16.6 Å². The van der Waals surface area contributed by atoms with E-state index in [2.05, 4.69) is 0 Å². The molecule has 0 aliphatic heterocycles. The van der Waals surface area contributed by atoms with Gasteiger partial charge in [-0.1, -0.05) is 31.2 Å². The fraction of sp³-hybridized carbons (Fsp3) is 0.182. The van der Waals surface area contributed by atoms with Gasteiger partial charge in [-0.15, -0.1) is 0 Å². The third-order valence-corrected chi connectivity index (χ3v) is 2.08. The summed E-state index contributed by atoms with van der Waals surface area (Å²) in [6.45, 7) is 1.83. The molecular formula is C11H10O2. The predicted molar refractivity (Wildman–Crippen MR) is 50.8 cm³/mol. The van der Waals surface area contributed by atoms with Crippen LogP contribution in [0, 0.1) is 0 Å². The Morgan fingerprint density at radius 3 is 2.92 bits per heavy atom. The predicted octanol–water partition coefficient (Wildman–Crippen LogP) is 3.03. The zero-order valence-electron chi connectivity index (χ0n) is 7.41. The summed E-state index contributed by atoms with van der Waals surface area (Å²) in [5.74, 6) is 0.541. The third kappa shape index (κ3) is 1.24. The van der Waals surface area contributed by atoms with Crippen molar-refractivity contribution in [3.05, 3.63) is 36.3 Å². The number of fused-ring (bicyclic) bond motifs is 1. The van der Waals surface area contributed by atoms with Gasteiger partial charge in [-0.25, -0.2) is 0 Å². The van der Waals surface area contributed by atoms with Gasteiger partial charge < -0.3 is 4.42 Å². The van der Waals surface area contributed by atoms with Crippen LogP contribution in [0.2, 0.25) is 0 Å². The van der Waals surface area contributed by atoms with Crippen molar-refractivity contribution in [1.82, 2.24) is 0 Å². The first-order valence-electron chi connectivity index (χ1n) is 4.32. The Morgan fingerprint density at radius 2 is 2.15 bits per heavy atom. The number of hydrogen-bond acceptors (Lipinski definition) is 2. The van der Waals surface area contributed by atoms with Gasteiger partial charge in [-0.3, -0.25) is 4.79 Å². The second kappa shape index (κ2) is 3.05. The molecule has 0 amide bonds. The average Bonchev–Trinajstić information content (AvgIpc) is 2.60. The average molecular weight is 174 g/mol. The van der Waals surface area contributed by atoms with Gasteiger partial charge in [0.1, 0.15) is 0 Å². The van der Waals surface area contributed by atoms with Crippen LogP contribution >= 0.6 is 0 Å². The van der Waals surface area contributed by atoms with Gasteiger partial charge in [0.25, 0.3) is 0 Å². The van der Waals surface area contributed by atoms with E-state index in [0.717, 1.165) is 10.8 Å². The molecule has 1 aromatic carbocycles. The molecule has 0 bridgehead atoms. The van der Waals surface area contributed by atoms with Crippen molar-refractivity contribution in [2.75, 3.05) is 0 Å². The zero-order chi connectivity index (χ0) is 9.26. The van der Waals surface area contributed by atoms with E-state index in [-0.39, 0.29) is 5.78 Å². The van der Waals surface area contributed by atoms with E-state index in [1.54, 1.807) is 6.26 Å². The lowest BCUT2D eigenvalue weighted by atomic mass is 10.1. The topological polar surface area (TPSA) is 30.2 Å². The smallest absolute Gasteiger partial charge is 0.198 e. The standard InChI is InChI=1S/C11H10O2/c1-2-10(12)11-9-6-4-3-5-8(9)7-13-11/h3-7H,2H2,1H3. The van der Waals surface area contributed by atoms with Crippen molar-refractivity contribution in [3.8, 4) is 0 Å². The van der Waals surface area contributed by atoms with E-state index >= 15 is 0 Å². The number of carbonyl (C=O) groups excluding carboxylic acids is 1. The Labute approximate surface area is 76.2 Å². The van der Waals surface area contributed by atoms with Gasteiger partial charge >= 0.3 is 0 Å². The van der Waals surface area contributed by atoms with Crippen LogP contribution in [0.3, 0.4) is 0 Å². The van der Waals surface area contributed by atoms with Crippen LogP contribution in [0.4, 0.5) is 0 Å². The molecule has 1 aromatic heterocycles. The number of rotatable bonds is 2. The molecule has 2 nitrogen and oxygen atoms in total. The largest absolute Gasteiger partial charge is 0.460 e. The summed E-state index contributed by atoms with van der Waals surface area (Å²) in [6, 6.07) is 7.68. The number of furan rings is 1. The highest BCUT2D eigenvalue weighted by Gasteiger charge is 2.11. The molecular weight excluding hydrogens is 164 g/mol. The first kappa shape index (κ1) is 8.05. The van der Waals surface area contributed by atoms with Gasteiger partial charge in [0, 0.05) is 17.2 Å². The molecule has 0 fully saturated rings. The Hall–Kier alpha value is -1.57. The summed E-state index contributed by atoms with van der Waals surface area (Å²) < 4.78 is 5.22. The van der Waals surface area contributed by atoms with Crippen molar-refractivity contribution in [2.24, 2.45) is 0 Å². The quantitative estimate of drug-likeness (QED) is 0.655. The SMILES string of the molecule is CCC(=O)c1occ2ccccc12. The number of benzene rings is 1. The Kier molecular flexibility index (Phi) is 1.89. The summed E-state index contributed by atoms with van der Waals surface area (Å²) in [5.41, 5.74) is 0. The second-order valence-electron chi connectivity index (χ2n) is 2.93. The van der Waals surface area contributed by atoms with Crippen LogP contribution in [-0.2, 0) is 0 Å². The number of ketones is 1. The molecule has 13 heavy (non-hydrogen) atoms. The van der Waals surface area contributed by atoms with Crippen LogP contribution in [0.15, 0.2) is 34.9 Å². The first-order valence-corrected chi connectivity index (χ1v) is 4.32. The summed E-state index contributed by atoms with van der Waals surface area (Å²) in [7, 11) is 0. The summed E-state index contributed by atoms with van der Waals surface area (Å²) >= 11 is 0. The monoisotopic (exact) mass is 174 g/mol. The lowest BCUT2D eigenvalue weighted by Gasteiger charge is -1.91. The van der Waals surface area contributed by atoms with Crippen LogP contribution in [0.25, 0.3) is 10.8 Å². The maximum absolute atomic E-state index is 11.4. The number of Topliss-reactive ketones (excluding diaryl/α,β-unsaturated/α-hetero) is 1. The van der Waals surface area contributed by atoms with Crippen LogP contribution in [0.1, 0.15) is 23.9 Å². The third-order valence-electron chi connectivity index (χ3n) is 2.08. The highest BCUT2D eigenvalue weighted by atomic mass is 16.3. The van der Waals surface area contributed by atoms with Crippen molar-refractivity contribution in [2.45, 2.75) is 13.3 Å². The summed E-state index contributed by atoms with van der Waals surface area (Å²) in [4.78, 5) is 11.4. The van der Waals surface area contributed by atoms with E-state index in [4.69, 9.17) is 4.42 Å². The molecule has 2 aromatic rings. The highest BCUT2D eigenvalue weighted by molar-refractivity contribution is 6.05. The molecule has 2 heteroatoms. The Bertz CT molecular complexity index is 440. The molecule has 2 rings (SSSR count). The molecule has 0 unspecified atom stereocenters. The van der Waals surface area contributed by atoms with Crippen molar-refractivity contribution in [3.63, 3.8) is 0 Å². The van der Waals surface area contributed by atoms with Gasteiger partial charge in [0.2, 0.25) is 0 Å². The lowest BCUT2D eigenvalue weighted by Crippen LogP contribution is -1.93. The number of hydrogen-bond donors (Lipinski definition) is 0. The normalized spacial score (nSPS) is 10.5. The van der Waals surface area contributed by atoms with Crippen LogP contribution in [0.5, 0.6) is 0 Å². The minimum atomic E-state index is 0.0567. The van der Waals surface area contributed by atoms with E-state index in [0.29, 0.717) is 12.2 Å². The molecule has 0 saturated heterocycles. The zero-order valence-corrected chi connectivity index (χ0v) is 7.41. The molecule has 0 spiro atoms. The van der Waals surface area contributed by atoms with E-state index in [1.165, 1.54) is 0 Å². The molecule has 0 N–H and O–H groups in total. The highest BCUT2D eigenvalue weighted by Crippen LogP contribution is 2.21. The maximum Gasteiger partial charge on any atom is 0.198 e. The van der Waals surface area contributed by atoms with Gasteiger partial charge in [-0.2, -0.15) is 0 Å². The Morgan fingerprint density at radius 1 is 1.38 bits per heavy atom. The molecule has 0 aliphatic rings. The van der Waals surface area contributed by atoms with Gasteiger partial charge in [-0.05, 0) is 0 Å². The molecule has 0 radical (unpaired) electrons.